The second-order valence-corrected chi connectivity index (χ2v) is 8.62. The monoisotopic (exact) mass is 466 g/mol. The third kappa shape index (κ3) is 3.03. The number of fused-ring (bicyclic) bond motifs is 2. The fourth-order valence-corrected chi connectivity index (χ4v) is 4.98. The van der Waals surface area contributed by atoms with Crippen LogP contribution in [-0.4, -0.2) is 24.0 Å². The lowest BCUT2D eigenvalue weighted by Gasteiger charge is -2.22. The minimum Gasteiger partial charge on any atom is -0.465 e. The molecular weight excluding hydrogens is 452 g/mol. The van der Waals surface area contributed by atoms with Gasteiger partial charge in [0, 0.05) is 5.02 Å². The lowest BCUT2D eigenvalue weighted by molar-refractivity contribution is 0.0605. The Kier molecular flexibility index (Phi) is 4.83. The Bertz CT molecular complexity index is 1460. The topological polar surface area (TPSA) is 89.7 Å². The summed E-state index contributed by atoms with van der Waals surface area (Å²) in [6.45, 7) is 1.66. The molecule has 2 aromatic heterocycles. The zero-order valence-electron chi connectivity index (χ0n) is 16.9. The molecule has 1 atom stereocenters. The lowest BCUT2D eigenvalue weighted by Crippen LogP contribution is -2.29. The zero-order chi connectivity index (χ0) is 22.6. The van der Waals surface area contributed by atoms with Crippen LogP contribution in [0.4, 0.5) is 5.13 Å². The van der Waals surface area contributed by atoms with Crippen LogP contribution in [0, 0.1) is 6.92 Å². The third-order valence-electron chi connectivity index (χ3n) is 5.33. The molecule has 1 amide bonds. The van der Waals surface area contributed by atoms with E-state index >= 15 is 0 Å². The lowest BCUT2D eigenvalue weighted by atomic mass is 9.99. The van der Waals surface area contributed by atoms with Gasteiger partial charge in [-0.2, -0.15) is 0 Å². The average Bonchev–Trinajstić information content (AvgIpc) is 3.31. The number of nitrogens with zero attached hydrogens (tertiary/aromatic N) is 2. The van der Waals surface area contributed by atoms with Crippen molar-refractivity contribution in [2.75, 3.05) is 12.0 Å². The number of carbonyl (C=O) groups excluding carboxylic acids is 2. The number of benzene rings is 2. The second-order valence-electron chi connectivity index (χ2n) is 7.20. The number of hydrogen-bond acceptors (Lipinski definition) is 7. The van der Waals surface area contributed by atoms with Crippen LogP contribution in [0.5, 0.6) is 0 Å². The molecule has 0 unspecified atom stereocenters. The maximum absolute atomic E-state index is 13.5. The molecule has 32 heavy (non-hydrogen) atoms. The van der Waals surface area contributed by atoms with Gasteiger partial charge in [0.1, 0.15) is 10.5 Å². The number of halogens is 1. The Morgan fingerprint density at radius 2 is 1.88 bits per heavy atom. The van der Waals surface area contributed by atoms with Gasteiger partial charge in [0.25, 0.3) is 5.91 Å². The van der Waals surface area contributed by atoms with E-state index in [1.807, 2.05) is 0 Å². The highest BCUT2D eigenvalue weighted by Gasteiger charge is 2.45. The molecule has 0 fully saturated rings. The molecular formula is C23H15ClN2O5S. The Morgan fingerprint density at radius 1 is 1.16 bits per heavy atom. The number of anilines is 1. The van der Waals surface area contributed by atoms with Gasteiger partial charge in [-0.1, -0.05) is 47.2 Å². The molecule has 4 aromatic rings. The molecule has 0 N–H and O–H groups in total. The summed E-state index contributed by atoms with van der Waals surface area (Å²) < 4.78 is 10.7. The first kappa shape index (κ1) is 20.4. The van der Waals surface area contributed by atoms with Gasteiger partial charge in [0.15, 0.2) is 10.6 Å². The first-order chi connectivity index (χ1) is 15.4. The SMILES string of the molecule is COC(=O)c1sc(N2C(=O)c3oc4ccccc4c(=O)c3[C@@H]2c2ccc(Cl)cc2)nc1C. The van der Waals surface area contributed by atoms with Crippen LogP contribution >= 0.6 is 22.9 Å². The van der Waals surface area contributed by atoms with Gasteiger partial charge >= 0.3 is 5.97 Å². The van der Waals surface area contributed by atoms with E-state index < -0.39 is 17.9 Å². The van der Waals surface area contributed by atoms with E-state index in [1.165, 1.54) is 12.0 Å². The number of thiazole rings is 1. The number of methoxy groups -OCH3 is 1. The van der Waals surface area contributed by atoms with Crippen molar-refractivity contribution < 1.29 is 18.7 Å². The summed E-state index contributed by atoms with van der Waals surface area (Å²) in [5, 5.41) is 1.17. The summed E-state index contributed by atoms with van der Waals surface area (Å²) in [5.41, 5.74) is 1.35. The number of amides is 1. The van der Waals surface area contributed by atoms with Crippen LogP contribution in [0.2, 0.25) is 5.02 Å². The molecule has 0 bridgehead atoms. The van der Waals surface area contributed by atoms with E-state index in [4.69, 9.17) is 20.8 Å². The maximum Gasteiger partial charge on any atom is 0.350 e. The summed E-state index contributed by atoms with van der Waals surface area (Å²) in [4.78, 5) is 45.2. The van der Waals surface area contributed by atoms with Crippen molar-refractivity contribution in [3.05, 3.63) is 91.2 Å². The van der Waals surface area contributed by atoms with Crippen LogP contribution in [0.15, 0.2) is 57.7 Å². The summed E-state index contributed by atoms with van der Waals surface area (Å²) in [6, 6.07) is 12.9. The summed E-state index contributed by atoms with van der Waals surface area (Å²) in [5.74, 6) is -1.09. The fraction of sp³-hybridized carbons (Fsp3) is 0.130. The number of esters is 1. The predicted molar refractivity (Wildman–Crippen MR) is 121 cm³/mol. The van der Waals surface area contributed by atoms with E-state index in [1.54, 1.807) is 55.5 Å². The van der Waals surface area contributed by atoms with Crippen molar-refractivity contribution in [2.45, 2.75) is 13.0 Å². The number of rotatable bonds is 3. The normalized spacial score (nSPS) is 15.3. The van der Waals surface area contributed by atoms with Crippen molar-refractivity contribution in [1.29, 1.82) is 0 Å². The minimum atomic E-state index is -0.785. The van der Waals surface area contributed by atoms with E-state index in [0.29, 0.717) is 27.2 Å². The molecule has 9 heteroatoms. The van der Waals surface area contributed by atoms with Crippen molar-refractivity contribution in [3.63, 3.8) is 0 Å². The summed E-state index contributed by atoms with van der Waals surface area (Å²) in [6.07, 6.45) is 0. The number of aryl methyl sites for hydroxylation is 1. The number of aromatic nitrogens is 1. The first-order valence-electron chi connectivity index (χ1n) is 9.61. The Labute approximate surface area is 190 Å². The van der Waals surface area contributed by atoms with Crippen molar-refractivity contribution in [2.24, 2.45) is 0 Å². The summed E-state index contributed by atoms with van der Waals surface area (Å²) in [7, 11) is 1.28. The molecule has 1 aliphatic rings. The van der Waals surface area contributed by atoms with E-state index in [0.717, 1.165) is 11.3 Å². The second kappa shape index (κ2) is 7.58. The summed E-state index contributed by atoms with van der Waals surface area (Å²) >= 11 is 7.09. The average molecular weight is 467 g/mol. The number of hydrogen-bond donors (Lipinski definition) is 0. The smallest absolute Gasteiger partial charge is 0.350 e. The quantitative estimate of drug-likeness (QED) is 0.405. The first-order valence-corrected chi connectivity index (χ1v) is 10.8. The third-order valence-corrected chi connectivity index (χ3v) is 6.71. The van der Waals surface area contributed by atoms with Gasteiger partial charge in [-0.3, -0.25) is 14.5 Å². The fourth-order valence-electron chi connectivity index (χ4n) is 3.84. The molecule has 1 aliphatic heterocycles. The standard InChI is InChI=1S/C23H15ClN2O5S/c1-11-20(22(29)30-2)32-23(25-11)26-17(12-7-9-13(24)10-8-12)16-18(27)14-5-3-4-6-15(14)31-19(16)21(26)28/h3-10,17H,1-2H3/t17-/m0/s1. The zero-order valence-corrected chi connectivity index (χ0v) is 18.5. The highest BCUT2D eigenvalue weighted by molar-refractivity contribution is 7.17. The van der Waals surface area contributed by atoms with Crippen molar-refractivity contribution in [3.8, 4) is 0 Å². The van der Waals surface area contributed by atoms with Crippen LogP contribution in [0.3, 0.4) is 0 Å². The van der Waals surface area contributed by atoms with E-state index in [9.17, 15) is 14.4 Å². The number of ether oxygens (including phenoxy) is 1. The maximum atomic E-state index is 13.5. The van der Waals surface area contributed by atoms with Crippen LogP contribution in [0.1, 0.15) is 43.1 Å². The molecule has 0 saturated heterocycles. The molecule has 3 heterocycles. The van der Waals surface area contributed by atoms with E-state index in [2.05, 4.69) is 4.98 Å². The van der Waals surface area contributed by atoms with Gasteiger partial charge in [-0.25, -0.2) is 9.78 Å². The number of carbonyl (C=O) groups is 2. The van der Waals surface area contributed by atoms with Gasteiger partial charge < -0.3 is 9.15 Å². The molecule has 7 nitrogen and oxygen atoms in total. The Hall–Kier alpha value is -3.49. The molecule has 0 saturated carbocycles. The van der Waals surface area contributed by atoms with Crippen LogP contribution < -0.4 is 10.3 Å². The Morgan fingerprint density at radius 3 is 2.59 bits per heavy atom. The Balaban J connectivity index is 1.78. The van der Waals surface area contributed by atoms with Crippen LogP contribution in [0.25, 0.3) is 11.0 Å². The van der Waals surface area contributed by atoms with Crippen LogP contribution in [-0.2, 0) is 4.74 Å². The van der Waals surface area contributed by atoms with Crippen molar-refractivity contribution in [1.82, 2.24) is 4.98 Å². The van der Waals surface area contributed by atoms with E-state index in [-0.39, 0.29) is 26.8 Å². The van der Waals surface area contributed by atoms with Gasteiger partial charge in [-0.05, 0) is 36.8 Å². The van der Waals surface area contributed by atoms with Crippen molar-refractivity contribution >= 4 is 50.9 Å². The molecule has 5 rings (SSSR count). The minimum absolute atomic E-state index is 0.0406. The molecule has 2 aromatic carbocycles. The van der Waals surface area contributed by atoms with Gasteiger partial charge in [-0.15, -0.1) is 0 Å². The highest BCUT2D eigenvalue weighted by Crippen LogP contribution is 2.43. The largest absolute Gasteiger partial charge is 0.465 e. The molecule has 0 spiro atoms. The highest BCUT2D eigenvalue weighted by atomic mass is 35.5. The van der Waals surface area contributed by atoms with Gasteiger partial charge in [0.2, 0.25) is 5.76 Å². The molecule has 0 radical (unpaired) electrons. The molecule has 0 aliphatic carbocycles. The molecule has 160 valence electrons. The van der Waals surface area contributed by atoms with Gasteiger partial charge in [0.05, 0.1) is 29.8 Å². The number of para-hydroxylation sites is 1. The predicted octanol–water partition coefficient (Wildman–Crippen LogP) is 4.75.